The van der Waals surface area contributed by atoms with Crippen LogP contribution in [0.15, 0.2) is 21.5 Å². The number of hydrogen-bond acceptors (Lipinski definition) is 3. The minimum Gasteiger partial charge on any atom is -0.349 e. The van der Waals surface area contributed by atoms with E-state index in [2.05, 4.69) is 21.2 Å². The number of benzene rings is 1. The second-order valence-corrected chi connectivity index (χ2v) is 7.99. The quantitative estimate of drug-likeness (QED) is 0.758. The van der Waals surface area contributed by atoms with Gasteiger partial charge in [-0.15, -0.1) is 0 Å². The minimum absolute atomic E-state index is 0.00797. The maximum absolute atomic E-state index is 12.2. The zero-order valence-electron chi connectivity index (χ0n) is 10.9. The normalized spacial score (nSPS) is 11.7. The summed E-state index contributed by atoms with van der Waals surface area (Å²) in [6.07, 6.45) is 1.54. The van der Waals surface area contributed by atoms with Crippen LogP contribution in [0, 0.1) is 0 Å². The molecule has 8 heteroatoms. The lowest BCUT2D eigenvalue weighted by atomic mass is 10.1. The van der Waals surface area contributed by atoms with Gasteiger partial charge in [-0.05, 0) is 40.9 Å². The van der Waals surface area contributed by atoms with E-state index < -0.39 is 15.0 Å². The van der Waals surface area contributed by atoms with Crippen LogP contribution < -0.4 is 5.32 Å². The van der Waals surface area contributed by atoms with Gasteiger partial charge in [0.05, 0.1) is 15.5 Å². The van der Waals surface area contributed by atoms with E-state index in [4.69, 9.17) is 22.3 Å². The standard InChI is InChI=1S/C12H14BrCl2NO3S/c1-3-7(4-2)16-12(17)9-5-8(20(15,18)19)6-10(13)11(9)14/h5-7H,3-4H2,1-2H3,(H,16,17). The van der Waals surface area contributed by atoms with E-state index in [0.29, 0.717) is 4.47 Å². The summed E-state index contributed by atoms with van der Waals surface area (Å²) in [6, 6.07) is 2.44. The van der Waals surface area contributed by atoms with Gasteiger partial charge in [0.15, 0.2) is 0 Å². The van der Waals surface area contributed by atoms with Crippen LogP contribution in [0.25, 0.3) is 0 Å². The Hall–Kier alpha value is -0.300. The van der Waals surface area contributed by atoms with Gasteiger partial charge in [-0.2, -0.15) is 0 Å². The van der Waals surface area contributed by atoms with E-state index in [1.807, 2.05) is 13.8 Å². The van der Waals surface area contributed by atoms with Crippen molar-refractivity contribution < 1.29 is 13.2 Å². The van der Waals surface area contributed by atoms with Crippen LogP contribution in [0.2, 0.25) is 5.02 Å². The predicted octanol–water partition coefficient (Wildman–Crippen LogP) is 3.95. The summed E-state index contributed by atoms with van der Waals surface area (Å²) < 4.78 is 23.1. The molecule has 0 heterocycles. The molecule has 0 fully saturated rings. The van der Waals surface area contributed by atoms with Gasteiger partial charge < -0.3 is 5.32 Å². The molecule has 0 aliphatic rings. The van der Waals surface area contributed by atoms with Crippen molar-refractivity contribution in [2.45, 2.75) is 37.6 Å². The first kappa shape index (κ1) is 17.8. The van der Waals surface area contributed by atoms with Crippen molar-refractivity contribution in [3.63, 3.8) is 0 Å². The highest BCUT2D eigenvalue weighted by Crippen LogP contribution is 2.31. The smallest absolute Gasteiger partial charge is 0.261 e. The Morgan fingerprint density at radius 1 is 1.35 bits per heavy atom. The first-order chi connectivity index (χ1) is 9.20. The van der Waals surface area contributed by atoms with Crippen molar-refractivity contribution in [2.24, 2.45) is 0 Å². The molecule has 0 aliphatic carbocycles. The molecule has 0 atom stereocenters. The van der Waals surface area contributed by atoms with E-state index >= 15 is 0 Å². The Labute approximate surface area is 136 Å². The molecule has 0 unspecified atom stereocenters. The third kappa shape index (κ3) is 4.35. The number of halogens is 3. The zero-order chi connectivity index (χ0) is 15.5. The summed E-state index contributed by atoms with van der Waals surface area (Å²) in [4.78, 5) is 12.0. The van der Waals surface area contributed by atoms with E-state index in [-0.39, 0.29) is 21.5 Å². The molecule has 0 bridgehead atoms. The average Bonchev–Trinajstić information content (AvgIpc) is 2.37. The van der Waals surface area contributed by atoms with E-state index in [0.717, 1.165) is 12.8 Å². The van der Waals surface area contributed by atoms with Gasteiger partial charge in [-0.1, -0.05) is 25.4 Å². The highest BCUT2D eigenvalue weighted by Gasteiger charge is 2.20. The molecule has 0 saturated carbocycles. The van der Waals surface area contributed by atoms with Gasteiger partial charge in [0.1, 0.15) is 0 Å². The molecule has 4 nitrogen and oxygen atoms in total. The summed E-state index contributed by atoms with van der Waals surface area (Å²) in [6.45, 7) is 3.90. The molecule has 0 spiro atoms. The third-order valence-corrected chi connectivity index (χ3v) is 5.44. The summed E-state index contributed by atoms with van der Waals surface area (Å²) >= 11 is 9.16. The van der Waals surface area contributed by atoms with Crippen LogP contribution in [0.5, 0.6) is 0 Å². The molecule has 1 aromatic rings. The van der Waals surface area contributed by atoms with Crippen molar-refractivity contribution in [3.8, 4) is 0 Å². The lowest BCUT2D eigenvalue weighted by Crippen LogP contribution is -2.34. The maximum atomic E-state index is 12.2. The summed E-state index contributed by atoms with van der Waals surface area (Å²) in [5.74, 6) is -0.424. The van der Waals surface area contributed by atoms with E-state index in [9.17, 15) is 13.2 Å². The van der Waals surface area contributed by atoms with Crippen LogP contribution in [0.1, 0.15) is 37.0 Å². The molecule has 20 heavy (non-hydrogen) atoms. The number of carbonyl (C=O) groups excluding carboxylic acids is 1. The summed E-state index contributed by atoms with van der Waals surface area (Å²) in [5, 5.41) is 2.95. The van der Waals surface area contributed by atoms with Crippen LogP contribution in [0.4, 0.5) is 0 Å². The molecule has 0 saturated heterocycles. The summed E-state index contributed by atoms with van der Waals surface area (Å²) in [7, 11) is 1.36. The lowest BCUT2D eigenvalue weighted by Gasteiger charge is -2.16. The SMILES string of the molecule is CCC(CC)NC(=O)c1cc(S(=O)(=O)Cl)cc(Br)c1Cl. The highest BCUT2D eigenvalue weighted by atomic mass is 79.9. The van der Waals surface area contributed by atoms with Crippen LogP contribution in [-0.2, 0) is 9.05 Å². The van der Waals surface area contributed by atoms with Crippen LogP contribution in [-0.4, -0.2) is 20.4 Å². The van der Waals surface area contributed by atoms with Gasteiger partial charge in [-0.25, -0.2) is 8.42 Å². The average molecular weight is 403 g/mol. The second kappa shape index (κ2) is 7.11. The second-order valence-electron chi connectivity index (χ2n) is 4.19. The van der Waals surface area contributed by atoms with Crippen molar-refractivity contribution in [1.82, 2.24) is 5.32 Å². The Kier molecular flexibility index (Phi) is 6.31. The summed E-state index contributed by atoms with van der Waals surface area (Å²) in [5.41, 5.74) is 0.0761. The molecule has 1 amide bonds. The maximum Gasteiger partial charge on any atom is 0.261 e. The number of nitrogens with one attached hydrogen (secondary N) is 1. The van der Waals surface area contributed by atoms with E-state index in [1.54, 1.807) is 0 Å². The third-order valence-electron chi connectivity index (χ3n) is 2.85. The monoisotopic (exact) mass is 401 g/mol. The highest BCUT2D eigenvalue weighted by molar-refractivity contribution is 9.10. The van der Waals surface area contributed by atoms with Crippen molar-refractivity contribution >= 4 is 53.2 Å². The Bertz CT molecular complexity index is 615. The molecule has 1 aromatic carbocycles. The number of hydrogen-bond donors (Lipinski definition) is 1. The first-order valence-electron chi connectivity index (χ1n) is 5.95. The van der Waals surface area contributed by atoms with Crippen LogP contribution >= 0.6 is 38.2 Å². The predicted molar refractivity (Wildman–Crippen MR) is 84.0 cm³/mol. The lowest BCUT2D eigenvalue weighted by molar-refractivity contribution is 0.0934. The van der Waals surface area contributed by atoms with Crippen LogP contribution in [0.3, 0.4) is 0 Å². The molecular weight excluding hydrogens is 389 g/mol. The Morgan fingerprint density at radius 3 is 2.35 bits per heavy atom. The largest absolute Gasteiger partial charge is 0.349 e. The molecule has 1 N–H and O–H groups in total. The fourth-order valence-corrected chi connectivity index (χ4v) is 3.22. The van der Waals surface area contributed by atoms with Crippen molar-refractivity contribution in [3.05, 3.63) is 27.2 Å². The minimum atomic E-state index is -3.93. The molecule has 112 valence electrons. The van der Waals surface area contributed by atoms with Gasteiger partial charge in [-0.3, -0.25) is 4.79 Å². The molecule has 0 aromatic heterocycles. The molecule has 0 aliphatic heterocycles. The molecular formula is C12H14BrCl2NO3S. The number of amides is 1. The number of carbonyl (C=O) groups is 1. The Morgan fingerprint density at radius 2 is 1.90 bits per heavy atom. The van der Waals surface area contributed by atoms with Gasteiger partial charge in [0, 0.05) is 21.2 Å². The number of rotatable bonds is 5. The Balaban J connectivity index is 3.24. The van der Waals surface area contributed by atoms with Gasteiger partial charge in [0.25, 0.3) is 15.0 Å². The fourth-order valence-electron chi connectivity index (χ4n) is 1.63. The van der Waals surface area contributed by atoms with E-state index in [1.165, 1.54) is 12.1 Å². The van der Waals surface area contributed by atoms with Crippen molar-refractivity contribution in [1.29, 1.82) is 0 Å². The first-order valence-corrected chi connectivity index (χ1v) is 9.43. The fraction of sp³-hybridized carbons (Fsp3) is 0.417. The van der Waals surface area contributed by atoms with Gasteiger partial charge >= 0.3 is 0 Å². The molecule has 1 rings (SSSR count). The van der Waals surface area contributed by atoms with Crippen molar-refractivity contribution in [2.75, 3.05) is 0 Å². The molecule has 0 radical (unpaired) electrons. The zero-order valence-corrected chi connectivity index (χ0v) is 14.8. The van der Waals surface area contributed by atoms with Gasteiger partial charge in [0.2, 0.25) is 0 Å². The topological polar surface area (TPSA) is 63.2 Å².